The average molecular weight is 280 g/mol. The lowest BCUT2D eigenvalue weighted by molar-refractivity contribution is 0.422. The minimum Gasteiger partial charge on any atom is -0.423 e. The van der Waals surface area contributed by atoms with Gasteiger partial charge in [0, 0.05) is 9.03 Å². The molecule has 1 aromatic rings. The molecule has 0 fully saturated rings. The monoisotopic (exact) mass is 280 g/mol. The highest BCUT2D eigenvalue weighted by molar-refractivity contribution is 14.1. The van der Waals surface area contributed by atoms with Crippen molar-refractivity contribution in [3.8, 4) is 0 Å². The number of rotatable bonds is 1. The molecule has 0 saturated heterocycles. The number of hydrogen-bond donors (Lipinski definition) is 2. The summed E-state index contributed by atoms with van der Waals surface area (Å²) in [5.74, 6) is -0.545. The zero-order valence-corrected chi connectivity index (χ0v) is 8.54. The smallest absolute Gasteiger partial charge is 0.423 e. The highest BCUT2D eigenvalue weighted by Crippen LogP contribution is 2.09. The number of hydrogen-bond acceptors (Lipinski definition) is 2. The largest absolute Gasteiger partial charge is 0.492 e. The van der Waals surface area contributed by atoms with E-state index in [1.165, 1.54) is 0 Å². The van der Waals surface area contributed by atoms with E-state index in [-0.39, 0.29) is 5.46 Å². The third kappa shape index (κ3) is 1.78. The predicted molar refractivity (Wildman–Crippen MR) is 53.7 cm³/mol. The molecule has 0 amide bonds. The maximum Gasteiger partial charge on any atom is 0.492 e. The highest BCUT2D eigenvalue weighted by atomic mass is 127. The summed E-state index contributed by atoms with van der Waals surface area (Å²) in [5, 5.41) is 17.6. The molecule has 0 bridgehead atoms. The molecular formula is C7H7BFIO2. The fraction of sp³-hybridized carbons (Fsp3) is 0.143. The standard InChI is InChI=1S/C7H7BFIO2/c1-4-2-3-5(10)6(7(4)9)8(11)12/h2-3,11-12H,1H3. The van der Waals surface area contributed by atoms with E-state index in [4.69, 9.17) is 10.0 Å². The normalized spacial score (nSPS) is 10.1. The maximum absolute atomic E-state index is 13.2. The molecule has 2 nitrogen and oxygen atoms in total. The Morgan fingerprint density at radius 1 is 1.42 bits per heavy atom. The predicted octanol–water partition coefficient (Wildman–Crippen LogP) is 0.419. The molecule has 12 heavy (non-hydrogen) atoms. The molecule has 0 saturated carbocycles. The Morgan fingerprint density at radius 3 is 2.42 bits per heavy atom. The summed E-state index contributed by atoms with van der Waals surface area (Å²) >= 11 is 1.86. The topological polar surface area (TPSA) is 40.5 Å². The Balaban J connectivity index is 3.33. The molecule has 1 aromatic carbocycles. The van der Waals surface area contributed by atoms with Crippen molar-refractivity contribution in [1.29, 1.82) is 0 Å². The molecule has 0 atom stereocenters. The maximum atomic E-state index is 13.2. The molecule has 2 N–H and O–H groups in total. The van der Waals surface area contributed by atoms with Crippen molar-refractivity contribution in [2.24, 2.45) is 0 Å². The van der Waals surface area contributed by atoms with Crippen LogP contribution in [0.1, 0.15) is 5.56 Å². The van der Waals surface area contributed by atoms with Crippen LogP contribution in [0.3, 0.4) is 0 Å². The van der Waals surface area contributed by atoms with E-state index in [9.17, 15) is 4.39 Å². The minimum atomic E-state index is -1.74. The quantitative estimate of drug-likeness (QED) is 0.578. The number of benzene rings is 1. The molecule has 0 aliphatic rings. The summed E-state index contributed by atoms with van der Waals surface area (Å²) in [5.41, 5.74) is 0.370. The molecule has 0 radical (unpaired) electrons. The molecule has 0 aromatic heterocycles. The lowest BCUT2D eigenvalue weighted by atomic mass is 9.79. The van der Waals surface area contributed by atoms with Crippen LogP contribution in [0.5, 0.6) is 0 Å². The minimum absolute atomic E-state index is 0.0457. The van der Waals surface area contributed by atoms with Crippen molar-refractivity contribution in [2.75, 3.05) is 0 Å². The van der Waals surface area contributed by atoms with Crippen LogP contribution >= 0.6 is 22.6 Å². The van der Waals surface area contributed by atoms with Gasteiger partial charge in [-0.1, -0.05) is 6.07 Å². The Kier molecular flexibility index (Phi) is 3.08. The van der Waals surface area contributed by atoms with Crippen LogP contribution in [0, 0.1) is 16.3 Å². The molecule has 64 valence electrons. The number of aryl methyl sites for hydroxylation is 1. The highest BCUT2D eigenvalue weighted by Gasteiger charge is 2.20. The second-order valence-corrected chi connectivity index (χ2v) is 3.63. The van der Waals surface area contributed by atoms with E-state index < -0.39 is 12.9 Å². The summed E-state index contributed by atoms with van der Waals surface area (Å²) < 4.78 is 13.7. The van der Waals surface area contributed by atoms with E-state index in [0.29, 0.717) is 9.13 Å². The van der Waals surface area contributed by atoms with Gasteiger partial charge in [-0.25, -0.2) is 4.39 Å². The van der Waals surface area contributed by atoms with E-state index in [0.717, 1.165) is 0 Å². The van der Waals surface area contributed by atoms with E-state index in [2.05, 4.69) is 0 Å². The first-order valence-corrected chi connectivity index (χ1v) is 4.42. The van der Waals surface area contributed by atoms with Gasteiger partial charge in [0.2, 0.25) is 0 Å². The van der Waals surface area contributed by atoms with Crippen molar-refractivity contribution in [1.82, 2.24) is 0 Å². The van der Waals surface area contributed by atoms with Gasteiger partial charge in [-0.05, 0) is 41.1 Å². The molecule has 1 rings (SSSR count). The Morgan fingerprint density at radius 2 is 2.00 bits per heavy atom. The molecule has 0 spiro atoms. The van der Waals surface area contributed by atoms with Crippen LogP contribution in [-0.2, 0) is 0 Å². The summed E-state index contributed by atoms with van der Waals surface area (Å²) in [6.07, 6.45) is 0. The van der Waals surface area contributed by atoms with Crippen molar-refractivity contribution in [3.63, 3.8) is 0 Å². The molecule has 5 heteroatoms. The first-order chi connectivity index (χ1) is 5.54. The zero-order valence-electron chi connectivity index (χ0n) is 6.38. The third-order valence-electron chi connectivity index (χ3n) is 1.58. The fourth-order valence-electron chi connectivity index (χ4n) is 0.915. The molecule has 0 heterocycles. The van der Waals surface area contributed by atoms with Crippen LogP contribution in [-0.4, -0.2) is 17.2 Å². The van der Waals surface area contributed by atoms with Crippen LogP contribution in [0.15, 0.2) is 12.1 Å². The Bertz CT molecular complexity index is 304. The molecular weight excluding hydrogens is 273 g/mol. The van der Waals surface area contributed by atoms with Crippen LogP contribution in [0.4, 0.5) is 4.39 Å². The average Bonchev–Trinajstić information content (AvgIpc) is 1.97. The first kappa shape index (κ1) is 9.95. The van der Waals surface area contributed by atoms with Crippen molar-refractivity contribution in [3.05, 3.63) is 27.1 Å². The third-order valence-corrected chi connectivity index (χ3v) is 2.52. The van der Waals surface area contributed by atoms with Gasteiger partial charge >= 0.3 is 7.12 Å². The van der Waals surface area contributed by atoms with E-state index >= 15 is 0 Å². The molecule has 0 aliphatic carbocycles. The van der Waals surface area contributed by atoms with Gasteiger partial charge in [0.15, 0.2) is 0 Å². The van der Waals surface area contributed by atoms with Gasteiger partial charge < -0.3 is 10.0 Å². The lowest BCUT2D eigenvalue weighted by Crippen LogP contribution is -2.35. The summed E-state index contributed by atoms with van der Waals surface area (Å²) in [6, 6.07) is 3.25. The van der Waals surface area contributed by atoms with Crippen molar-refractivity contribution < 1.29 is 14.4 Å². The first-order valence-electron chi connectivity index (χ1n) is 3.34. The van der Waals surface area contributed by atoms with E-state index in [1.54, 1.807) is 19.1 Å². The van der Waals surface area contributed by atoms with Crippen LogP contribution in [0.2, 0.25) is 0 Å². The van der Waals surface area contributed by atoms with Crippen molar-refractivity contribution >= 4 is 35.2 Å². The fourth-order valence-corrected chi connectivity index (χ4v) is 1.61. The molecule has 0 aliphatic heterocycles. The number of halogens is 2. The summed E-state index contributed by atoms with van der Waals surface area (Å²) in [4.78, 5) is 0. The molecule has 0 unspecified atom stereocenters. The van der Waals surface area contributed by atoms with Crippen molar-refractivity contribution in [2.45, 2.75) is 6.92 Å². The van der Waals surface area contributed by atoms with Gasteiger partial charge in [0.25, 0.3) is 0 Å². The van der Waals surface area contributed by atoms with Crippen LogP contribution < -0.4 is 5.46 Å². The zero-order chi connectivity index (χ0) is 9.30. The van der Waals surface area contributed by atoms with Gasteiger partial charge in [0.1, 0.15) is 5.82 Å². The SMILES string of the molecule is Cc1ccc(I)c(B(O)O)c1F. The summed E-state index contributed by atoms with van der Waals surface area (Å²) in [7, 11) is -1.74. The second kappa shape index (κ2) is 3.72. The Hall–Kier alpha value is -0.135. The van der Waals surface area contributed by atoms with Gasteiger partial charge in [-0.2, -0.15) is 0 Å². The second-order valence-electron chi connectivity index (χ2n) is 2.47. The lowest BCUT2D eigenvalue weighted by Gasteiger charge is -2.06. The van der Waals surface area contributed by atoms with Gasteiger partial charge in [0.05, 0.1) is 0 Å². The Labute approximate surface area is 83.7 Å². The van der Waals surface area contributed by atoms with Gasteiger partial charge in [-0.15, -0.1) is 0 Å². The van der Waals surface area contributed by atoms with Crippen LogP contribution in [0.25, 0.3) is 0 Å². The summed E-state index contributed by atoms with van der Waals surface area (Å²) in [6.45, 7) is 1.58. The van der Waals surface area contributed by atoms with E-state index in [1.807, 2.05) is 22.6 Å². The van der Waals surface area contributed by atoms with Gasteiger partial charge in [-0.3, -0.25) is 0 Å².